The maximum atomic E-state index is 12.6. The Morgan fingerprint density at radius 1 is 0.909 bits per heavy atom. The van der Waals surface area contributed by atoms with Crippen LogP contribution in [-0.2, 0) is 19.5 Å². The molecule has 0 aliphatic heterocycles. The molecule has 12 nitrogen and oxygen atoms in total. The number of hydrogen-bond acceptors (Lipinski definition) is 9. The van der Waals surface area contributed by atoms with Gasteiger partial charge < -0.3 is 24.8 Å². The molecule has 13 heteroatoms. The van der Waals surface area contributed by atoms with Crippen LogP contribution in [0, 0.1) is 0 Å². The molecule has 0 radical (unpaired) electrons. The number of pyridine rings is 1. The van der Waals surface area contributed by atoms with Gasteiger partial charge in [0.1, 0.15) is 0 Å². The van der Waals surface area contributed by atoms with E-state index in [-0.39, 0.29) is 35.0 Å². The monoisotopic (exact) mass is 480 g/mol. The summed E-state index contributed by atoms with van der Waals surface area (Å²) in [5.74, 6) is -1.52. The van der Waals surface area contributed by atoms with Crippen LogP contribution >= 0.6 is 0 Å². The van der Waals surface area contributed by atoms with Gasteiger partial charge in [-0.25, -0.2) is 22.9 Å². The average molecular weight is 480 g/mol. The SMILES string of the molecule is COCCNC(=O)Oc1ccc(C(=O)NS(=O)(=O)c2cccc(C(=O)NCCOC)c2)cn1. The van der Waals surface area contributed by atoms with Crippen LogP contribution in [0.1, 0.15) is 20.7 Å². The average Bonchev–Trinajstić information content (AvgIpc) is 2.79. The standard InChI is InChI=1S/C20H24N4O8S/c1-30-10-8-21-18(25)14-4-3-5-16(12-14)33(28,29)24-19(26)15-6-7-17(23-13-15)32-20(27)22-9-11-31-2/h3-7,12-13H,8-11H2,1-2H3,(H,21,25)(H,22,27)(H,24,26). The third kappa shape index (κ3) is 8.14. The molecule has 1 heterocycles. The van der Waals surface area contributed by atoms with Crippen molar-refractivity contribution in [3.63, 3.8) is 0 Å². The smallest absolute Gasteiger partial charge is 0.391 e. The zero-order chi connectivity index (χ0) is 24.3. The van der Waals surface area contributed by atoms with E-state index in [0.29, 0.717) is 13.2 Å². The Morgan fingerprint density at radius 2 is 1.61 bits per heavy atom. The number of sulfonamides is 1. The van der Waals surface area contributed by atoms with Crippen molar-refractivity contribution >= 4 is 27.9 Å². The molecule has 0 aliphatic rings. The van der Waals surface area contributed by atoms with Crippen LogP contribution in [0.3, 0.4) is 0 Å². The van der Waals surface area contributed by atoms with Crippen LogP contribution in [0.25, 0.3) is 0 Å². The molecular formula is C20H24N4O8S. The van der Waals surface area contributed by atoms with Crippen LogP contribution < -0.4 is 20.1 Å². The van der Waals surface area contributed by atoms with Crippen molar-refractivity contribution in [3.05, 3.63) is 53.7 Å². The summed E-state index contributed by atoms with van der Waals surface area (Å²) in [5.41, 5.74) is 0.0209. The maximum absolute atomic E-state index is 12.6. The molecule has 3 amide bonds. The van der Waals surface area contributed by atoms with Gasteiger partial charge in [-0.2, -0.15) is 0 Å². The number of nitrogens with one attached hydrogen (secondary N) is 3. The number of carbonyl (C=O) groups excluding carboxylic acids is 3. The summed E-state index contributed by atoms with van der Waals surface area (Å²) >= 11 is 0. The van der Waals surface area contributed by atoms with E-state index in [1.54, 1.807) is 0 Å². The number of hydrogen-bond donors (Lipinski definition) is 3. The molecule has 1 aromatic carbocycles. The molecule has 33 heavy (non-hydrogen) atoms. The van der Waals surface area contributed by atoms with Crippen molar-refractivity contribution < 1.29 is 37.0 Å². The quantitative estimate of drug-likeness (QED) is 0.384. The minimum Gasteiger partial charge on any atom is -0.391 e. The summed E-state index contributed by atoms with van der Waals surface area (Å²) in [7, 11) is -1.30. The molecule has 0 saturated heterocycles. The fourth-order valence-electron chi connectivity index (χ4n) is 2.37. The Kier molecular flexibility index (Phi) is 9.72. The molecule has 3 N–H and O–H groups in total. The highest BCUT2D eigenvalue weighted by Crippen LogP contribution is 2.13. The van der Waals surface area contributed by atoms with Gasteiger partial charge in [-0.05, 0) is 24.3 Å². The summed E-state index contributed by atoms with van der Waals surface area (Å²) < 4.78 is 41.7. The molecule has 0 spiro atoms. The van der Waals surface area contributed by atoms with Gasteiger partial charge in [0, 0.05) is 45.1 Å². The van der Waals surface area contributed by atoms with Gasteiger partial charge in [-0.1, -0.05) is 6.07 Å². The highest BCUT2D eigenvalue weighted by atomic mass is 32.2. The number of rotatable bonds is 11. The zero-order valence-electron chi connectivity index (χ0n) is 18.0. The lowest BCUT2D eigenvalue weighted by molar-refractivity contribution is 0.0935. The summed E-state index contributed by atoms with van der Waals surface area (Å²) in [6, 6.07) is 7.71. The minimum atomic E-state index is -4.27. The van der Waals surface area contributed by atoms with E-state index in [2.05, 4.69) is 15.6 Å². The lowest BCUT2D eigenvalue weighted by atomic mass is 10.2. The lowest BCUT2D eigenvalue weighted by Crippen LogP contribution is -2.31. The van der Waals surface area contributed by atoms with Crippen molar-refractivity contribution in [3.8, 4) is 5.88 Å². The number of nitrogens with zero attached hydrogens (tertiary/aromatic N) is 1. The molecule has 0 atom stereocenters. The van der Waals surface area contributed by atoms with Crippen LogP contribution in [0.2, 0.25) is 0 Å². The van der Waals surface area contributed by atoms with Crippen LogP contribution in [-0.4, -0.2) is 71.8 Å². The fourth-order valence-corrected chi connectivity index (χ4v) is 3.39. The Balaban J connectivity index is 2.02. The first-order chi connectivity index (χ1) is 15.8. The number of methoxy groups -OCH3 is 2. The number of ether oxygens (including phenoxy) is 3. The fraction of sp³-hybridized carbons (Fsp3) is 0.300. The topological polar surface area (TPSA) is 162 Å². The van der Waals surface area contributed by atoms with Crippen LogP contribution in [0.15, 0.2) is 47.5 Å². The third-order valence-corrected chi connectivity index (χ3v) is 5.33. The van der Waals surface area contributed by atoms with Gasteiger partial charge in [0.15, 0.2) is 0 Å². The summed E-state index contributed by atoms with van der Waals surface area (Å²) in [5, 5.41) is 5.00. The number of carbonyl (C=O) groups is 3. The second-order valence-corrected chi connectivity index (χ2v) is 8.09. The first-order valence-corrected chi connectivity index (χ1v) is 11.1. The van der Waals surface area contributed by atoms with Crippen LogP contribution in [0.4, 0.5) is 4.79 Å². The summed E-state index contributed by atoms with van der Waals surface area (Å²) in [4.78, 5) is 39.6. The normalized spacial score (nSPS) is 10.8. The van der Waals surface area contributed by atoms with Gasteiger partial charge in [0.2, 0.25) is 5.88 Å². The first-order valence-electron chi connectivity index (χ1n) is 9.62. The summed E-state index contributed by atoms with van der Waals surface area (Å²) in [6.45, 7) is 1.10. The lowest BCUT2D eigenvalue weighted by Gasteiger charge is -2.09. The van der Waals surface area contributed by atoms with E-state index in [1.807, 2.05) is 4.72 Å². The maximum Gasteiger partial charge on any atom is 0.414 e. The molecule has 2 aromatic rings. The highest BCUT2D eigenvalue weighted by molar-refractivity contribution is 7.90. The predicted molar refractivity (Wildman–Crippen MR) is 115 cm³/mol. The van der Waals surface area contributed by atoms with E-state index in [0.717, 1.165) is 12.3 Å². The van der Waals surface area contributed by atoms with Crippen molar-refractivity contribution in [2.75, 3.05) is 40.5 Å². The van der Waals surface area contributed by atoms with Crippen molar-refractivity contribution in [1.29, 1.82) is 0 Å². The largest absolute Gasteiger partial charge is 0.414 e. The van der Waals surface area contributed by atoms with E-state index >= 15 is 0 Å². The minimum absolute atomic E-state index is 0.0841. The van der Waals surface area contributed by atoms with Gasteiger partial charge in [0.05, 0.1) is 23.7 Å². The van der Waals surface area contributed by atoms with E-state index < -0.39 is 27.9 Å². The van der Waals surface area contributed by atoms with Gasteiger partial charge in [-0.3, -0.25) is 9.59 Å². The molecule has 0 bridgehead atoms. The number of benzene rings is 1. The van der Waals surface area contributed by atoms with E-state index in [4.69, 9.17) is 14.2 Å². The molecule has 178 valence electrons. The van der Waals surface area contributed by atoms with Gasteiger partial charge >= 0.3 is 6.09 Å². The second kappa shape index (κ2) is 12.5. The van der Waals surface area contributed by atoms with Crippen molar-refractivity contribution in [2.45, 2.75) is 4.90 Å². The Bertz CT molecular complexity index is 1070. The molecule has 0 saturated carbocycles. The predicted octanol–water partition coefficient (Wildman–Crippen LogP) is 0.311. The van der Waals surface area contributed by atoms with Crippen molar-refractivity contribution in [2.24, 2.45) is 0 Å². The number of aromatic nitrogens is 1. The second-order valence-electron chi connectivity index (χ2n) is 6.41. The molecule has 0 fully saturated rings. The molecular weight excluding hydrogens is 456 g/mol. The van der Waals surface area contributed by atoms with Gasteiger partial charge in [-0.15, -0.1) is 0 Å². The molecule has 0 unspecified atom stereocenters. The van der Waals surface area contributed by atoms with Crippen molar-refractivity contribution in [1.82, 2.24) is 20.3 Å². The third-order valence-electron chi connectivity index (χ3n) is 4.00. The van der Waals surface area contributed by atoms with E-state index in [1.165, 1.54) is 44.6 Å². The molecule has 0 aliphatic carbocycles. The summed E-state index contributed by atoms with van der Waals surface area (Å²) in [6.07, 6.45) is 0.299. The highest BCUT2D eigenvalue weighted by Gasteiger charge is 2.20. The Hall–Kier alpha value is -3.55. The van der Waals surface area contributed by atoms with E-state index in [9.17, 15) is 22.8 Å². The Morgan fingerprint density at radius 3 is 2.24 bits per heavy atom. The van der Waals surface area contributed by atoms with Gasteiger partial charge in [0.25, 0.3) is 21.8 Å². The Labute approximate surface area is 190 Å². The zero-order valence-corrected chi connectivity index (χ0v) is 18.8. The molecule has 1 aromatic heterocycles. The molecule has 2 rings (SSSR count). The van der Waals surface area contributed by atoms with Crippen LogP contribution in [0.5, 0.6) is 5.88 Å². The first kappa shape index (κ1) is 25.7. The number of amides is 3.